The molecule has 0 saturated carbocycles. The maximum Gasteiger partial charge on any atom is 0.341 e. The van der Waals surface area contributed by atoms with Gasteiger partial charge in [0.15, 0.2) is 11.0 Å². The molecule has 12 heteroatoms. The molecule has 1 aromatic carbocycles. The van der Waals surface area contributed by atoms with E-state index in [0.29, 0.717) is 39.4 Å². The van der Waals surface area contributed by atoms with Gasteiger partial charge in [-0.15, -0.1) is 21.5 Å². The summed E-state index contributed by atoms with van der Waals surface area (Å²) in [5, 5.41) is 15.2. The number of aromatic nitrogens is 3. The van der Waals surface area contributed by atoms with Gasteiger partial charge in [-0.2, -0.15) is 0 Å². The van der Waals surface area contributed by atoms with Gasteiger partial charge in [-0.3, -0.25) is 9.59 Å². The van der Waals surface area contributed by atoms with Crippen LogP contribution in [0.3, 0.4) is 0 Å². The minimum Gasteiger partial charge on any atom is -0.497 e. The summed E-state index contributed by atoms with van der Waals surface area (Å²) in [4.78, 5) is 39.8. The van der Waals surface area contributed by atoms with E-state index < -0.39 is 11.2 Å². The van der Waals surface area contributed by atoms with Gasteiger partial charge in [-0.05, 0) is 63.3 Å². The predicted octanol–water partition coefficient (Wildman–Crippen LogP) is 4.86. The second-order valence-corrected chi connectivity index (χ2v) is 11.8. The molecule has 40 heavy (non-hydrogen) atoms. The highest BCUT2D eigenvalue weighted by Gasteiger charge is 2.29. The van der Waals surface area contributed by atoms with Crippen molar-refractivity contribution in [3.05, 3.63) is 51.7 Å². The number of thioether (sulfide) groups is 1. The minimum atomic E-state index is -0.504. The number of hydrogen-bond donors (Lipinski definition) is 2. The normalized spacial score (nSPS) is 13.0. The van der Waals surface area contributed by atoms with Crippen LogP contribution in [0.25, 0.3) is 0 Å². The van der Waals surface area contributed by atoms with Crippen molar-refractivity contribution in [1.82, 2.24) is 20.1 Å². The SMILES string of the molecule is CCCCn1c(CNC(=O)c2cccc(OC)c2)nnc1S[C@@H](C)C(=O)Nc1sc2c(c1C(=O)OCC)CCC2. The van der Waals surface area contributed by atoms with Crippen LogP contribution >= 0.6 is 23.1 Å². The molecule has 214 valence electrons. The van der Waals surface area contributed by atoms with E-state index in [-0.39, 0.29) is 25.0 Å². The lowest BCUT2D eigenvalue weighted by atomic mass is 10.1. The average Bonchev–Trinajstić information content (AvgIpc) is 3.65. The molecule has 4 rings (SSSR count). The Balaban J connectivity index is 1.45. The number of nitrogens with one attached hydrogen (secondary N) is 2. The Morgan fingerprint density at radius 3 is 2.77 bits per heavy atom. The van der Waals surface area contributed by atoms with Crippen LogP contribution in [0.1, 0.15) is 77.0 Å². The average molecular weight is 586 g/mol. The summed E-state index contributed by atoms with van der Waals surface area (Å²) in [7, 11) is 1.56. The molecule has 0 radical (unpaired) electrons. The van der Waals surface area contributed by atoms with Crippen molar-refractivity contribution >= 4 is 45.9 Å². The molecule has 0 spiro atoms. The van der Waals surface area contributed by atoms with Crippen LogP contribution in [0.15, 0.2) is 29.4 Å². The lowest BCUT2D eigenvalue weighted by Crippen LogP contribution is -2.25. The predicted molar refractivity (Wildman–Crippen MR) is 155 cm³/mol. The van der Waals surface area contributed by atoms with E-state index in [9.17, 15) is 14.4 Å². The van der Waals surface area contributed by atoms with Crippen molar-refractivity contribution < 1.29 is 23.9 Å². The first kappa shape index (κ1) is 29.6. The molecule has 1 aliphatic carbocycles. The number of unbranched alkanes of at least 4 members (excludes halogenated alkanes) is 1. The van der Waals surface area contributed by atoms with Crippen molar-refractivity contribution in [2.24, 2.45) is 0 Å². The van der Waals surface area contributed by atoms with E-state index in [2.05, 4.69) is 27.8 Å². The first-order chi connectivity index (χ1) is 19.4. The molecule has 0 saturated heterocycles. The number of anilines is 1. The minimum absolute atomic E-state index is 0.192. The summed E-state index contributed by atoms with van der Waals surface area (Å²) in [6, 6.07) is 6.94. The molecule has 0 fully saturated rings. The molecular formula is C28H35N5O5S2. The lowest BCUT2D eigenvalue weighted by Gasteiger charge is -2.14. The van der Waals surface area contributed by atoms with Gasteiger partial charge < -0.3 is 24.7 Å². The van der Waals surface area contributed by atoms with Gasteiger partial charge >= 0.3 is 5.97 Å². The second kappa shape index (κ2) is 13.8. The number of fused-ring (bicyclic) bond motifs is 1. The van der Waals surface area contributed by atoms with Crippen molar-refractivity contribution in [1.29, 1.82) is 0 Å². The standard InChI is InChI=1S/C28H35N5O5S2/c1-5-7-14-33-22(16-29-25(35)18-10-8-11-19(15-18)37-4)31-32-28(33)39-17(3)24(34)30-26-23(27(36)38-6-2)20-12-9-13-21(20)40-26/h8,10-11,15,17H,5-7,9,12-14,16H2,1-4H3,(H,29,35)(H,30,34)/t17-/m0/s1. The van der Waals surface area contributed by atoms with Crippen molar-refractivity contribution in [2.75, 3.05) is 19.0 Å². The van der Waals surface area contributed by atoms with E-state index in [1.54, 1.807) is 45.2 Å². The zero-order chi connectivity index (χ0) is 28.6. The molecule has 0 aliphatic heterocycles. The highest BCUT2D eigenvalue weighted by molar-refractivity contribution is 8.00. The van der Waals surface area contributed by atoms with Crippen molar-refractivity contribution in [3.63, 3.8) is 0 Å². The third-order valence-corrected chi connectivity index (χ3v) is 8.84. The van der Waals surface area contributed by atoms with E-state index in [1.807, 2.05) is 4.57 Å². The number of aryl methyl sites for hydroxylation is 1. The van der Waals surface area contributed by atoms with E-state index in [1.165, 1.54) is 23.1 Å². The smallest absolute Gasteiger partial charge is 0.341 e. The third kappa shape index (κ3) is 6.84. The van der Waals surface area contributed by atoms with Crippen molar-refractivity contribution in [2.45, 2.75) is 76.4 Å². The number of hydrogen-bond acceptors (Lipinski definition) is 9. The fourth-order valence-corrected chi connectivity index (χ4v) is 6.61. The summed E-state index contributed by atoms with van der Waals surface area (Å²) >= 11 is 2.76. The third-order valence-electron chi connectivity index (χ3n) is 6.56. The molecule has 2 aromatic heterocycles. The number of thiophene rings is 1. The maximum absolute atomic E-state index is 13.2. The molecule has 2 amide bonds. The highest BCUT2D eigenvalue weighted by atomic mass is 32.2. The molecule has 0 bridgehead atoms. The fourth-order valence-electron chi connectivity index (χ4n) is 4.44. The van der Waals surface area contributed by atoms with Gasteiger partial charge in [0, 0.05) is 17.0 Å². The van der Waals surface area contributed by atoms with Gasteiger partial charge in [-0.1, -0.05) is 31.2 Å². The molecule has 2 heterocycles. The largest absolute Gasteiger partial charge is 0.497 e. The van der Waals surface area contributed by atoms with Gasteiger partial charge in [0.1, 0.15) is 10.8 Å². The quantitative estimate of drug-likeness (QED) is 0.215. The first-order valence-electron chi connectivity index (χ1n) is 13.5. The van der Waals surface area contributed by atoms with E-state index in [4.69, 9.17) is 9.47 Å². The number of amides is 2. The number of benzene rings is 1. The van der Waals surface area contributed by atoms with Crippen LogP contribution < -0.4 is 15.4 Å². The number of esters is 1. The van der Waals surface area contributed by atoms with Crippen LogP contribution in [-0.2, 0) is 35.5 Å². The first-order valence-corrected chi connectivity index (χ1v) is 15.2. The summed E-state index contributed by atoms with van der Waals surface area (Å²) in [5.41, 5.74) is 1.98. The molecular weight excluding hydrogens is 550 g/mol. The van der Waals surface area contributed by atoms with Crippen LogP contribution in [0.2, 0.25) is 0 Å². The number of ether oxygens (including phenoxy) is 2. The number of nitrogens with zero attached hydrogens (tertiary/aromatic N) is 3. The van der Waals surface area contributed by atoms with Gasteiger partial charge in [0.2, 0.25) is 5.91 Å². The molecule has 1 atom stereocenters. The van der Waals surface area contributed by atoms with Crippen LogP contribution in [-0.4, -0.2) is 51.5 Å². The van der Waals surface area contributed by atoms with Gasteiger partial charge in [-0.25, -0.2) is 4.79 Å². The highest BCUT2D eigenvalue weighted by Crippen LogP contribution is 2.40. The summed E-state index contributed by atoms with van der Waals surface area (Å²) in [5.74, 6) is 0.349. The molecule has 1 aliphatic rings. The molecule has 10 nitrogen and oxygen atoms in total. The Morgan fingerprint density at radius 2 is 2.02 bits per heavy atom. The van der Waals surface area contributed by atoms with Gasteiger partial charge in [0.25, 0.3) is 5.91 Å². The fraction of sp³-hybridized carbons (Fsp3) is 0.464. The van der Waals surface area contributed by atoms with Gasteiger partial charge in [0.05, 0.1) is 31.1 Å². The molecule has 0 unspecified atom stereocenters. The molecule has 3 aromatic rings. The van der Waals surface area contributed by atoms with Crippen LogP contribution in [0, 0.1) is 0 Å². The van der Waals surface area contributed by atoms with E-state index >= 15 is 0 Å². The zero-order valence-corrected chi connectivity index (χ0v) is 24.9. The Hall–Kier alpha value is -3.38. The Kier molecular flexibility index (Phi) is 10.2. The topological polar surface area (TPSA) is 124 Å². The monoisotopic (exact) mass is 585 g/mol. The Bertz CT molecular complexity index is 1370. The number of rotatable bonds is 13. The number of methoxy groups -OCH3 is 1. The van der Waals surface area contributed by atoms with Crippen LogP contribution in [0.4, 0.5) is 5.00 Å². The van der Waals surface area contributed by atoms with Crippen LogP contribution in [0.5, 0.6) is 5.75 Å². The lowest BCUT2D eigenvalue weighted by molar-refractivity contribution is -0.115. The zero-order valence-electron chi connectivity index (χ0n) is 23.2. The maximum atomic E-state index is 13.2. The summed E-state index contributed by atoms with van der Waals surface area (Å²) in [6.45, 7) is 6.80. The molecule has 2 N–H and O–H groups in total. The Morgan fingerprint density at radius 1 is 1.20 bits per heavy atom. The number of carbonyl (C=O) groups excluding carboxylic acids is 3. The second-order valence-electron chi connectivity index (χ2n) is 9.35. The van der Waals surface area contributed by atoms with E-state index in [0.717, 1.165) is 42.5 Å². The summed E-state index contributed by atoms with van der Waals surface area (Å²) in [6.07, 6.45) is 4.59. The summed E-state index contributed by atoms with van der Waals surface area (Å²) < 4.78 is 12.4. The van der Waals surface area contributed by atoms with Crippen molar-refractivity contribution in [3.8, 4) is 5.75 Å². The Labute approximate surface area is 242 Å². The number of carbonyl (C=O) groups is 3.